The molecule has 0 saturated heterocycles. The molecule has 0 radical (unpaired) electrons. The maximum Gasteiger partial charge on any atom is 0.341 e. The van der Waals surface area contributed by atoms with E-state index in [1.54, 1.807) is 19.1 Å². The third-order valence-electron chi connectivity index (χ3n) is 4.37. The van der Waals surface area contributed by atoms with Crippen LogP contribution >= 0.6 is 27.3 Å². The fourth-order valence-electron chi connectivity index (χ4n) is 2.81. The number of aryl methyl sites for hydroxylation is 2. The summed E-state index contributed by atoms with van der Waals surface area (Å²) in [6.07, 6.45) is 1.53. The molecule has 0 atom stereocenters. The molecule has 3 aromatic rings. The highest BCUT2D eigenvalue weighted by molar-refractivity contribution is 9.10. The lowest BCUT2D eigenvalue weighted by Gasteiger charge is -2.09. The van der Waals surface area contributed by atoms with E-state index in [9.17, 15) is 14.7 Å². The van der Waals surface area contributed by atoms with Crippen molar-refractivity contribution < 1.29 is 19.4 Å². The number of carbonyl (C=O) groups is 1. The molecule has 0 aliphatic rings. The first kappa shape index (κ1) is 21.1. The van der Waals surface area contributed by atoms with E-state index in [-0.39, 0.29) is 35.1 Å². The van der Waals surface area contributed by atoms with Crippen molar-refractivity contribution in [2.24, 2.45) is 0 Å². The average molecular weight is 479 g/mol. The Morgan fingerprint density at radius 3 is 2.76 bits per heavy atom. The number of ether oxygens (including phenoxy) is 2. The number of halogens is 1. The van der Waals surface area contributed by atoms with Crippen molar-refractivity contribution in [3.05, 3.63) is 48.8 Å². The third-order valence-corrected chi connectivity index (χ3v) is 6.08. The van der Waals surface area contributed by atoms with Gasteiger partial charge in [0, 0.05) is 4.88 Å². The molecular weight excluding hydrogens is 460 g/mol. The van der Waals surface area contributed by atoms with Gasteiger partial charge in [-0.1, -0.05) is 0 Å². The van der Waals surface area contributed by atoms with Crippen molar-refractivity contribution in [2.45, 2.75) is 20.8 Å². The van der Waals surface area contributed by atoms with Crippen molar-refractivity contribution in [3.8, 4) is 11.5 Å². The SMILES string of the molecule is CCOC(=O)/C(=C\c1cc(Br)c(O)c(OC)c1)c1nc2sc(C)c(C)c2c(=O)[nH]1. The van der Waals surface area contributed by atoms with Crippen LogP contribution in [0.3, 0.4) is 0 Å². The molecule has 3 rings (SSSR count). The summed E-state index contributed by atoms with van der Waals surface area (Å²) in [6, 6.07) is 3.18. The number of esters is 1. The molecule has 0 unspecified atom stereocenters. The highest BCUT2D eigenvalue weighted by Gasteiger charge is 2.20. The number of benzene rings is 1. The highest BCUT2D eigenvalue weighted by Crippen LogP contribution is 2.36. The second-order valence-electron chi connectivity index (χ2n) is 6.21. The van der Waals surface area contributed by atoms with Gasteiger partial charge in [-0.25, -0.2) is 9.78 Å². The second kappa shape index (κ2) is 8.38. The molecule has 0 aliphatic carbocycles. The average Bonchev–Trinajstić information content (AvgIpc) is 2.96. The van der Waals surface area contributed by atoms with Gasteiger partial charge in [0.2, 0.25) is 0 Å². The van der Waals surface area contributed by atoms with Crippen LogP contribution in [0.25, 0.3) is 21.9 Å². The van der Waals surface area contributed by atoms with Gasteiger partial charge in [-0.3, -0.25) is 4.79 Å². The van der Waals surface area contributed by atoms with E-state index in [1.165, 1.54) is 24.5 Å². The first-order valence-electron chi connectivity index (χ1n) is 8.72. The molecule has 0 saturated carbocycles. The normalized spacial score (nSPS) is 11.7. The molecule has 7 nitrogen and oxygen atoms in total. The molecule has 2 aromatic heterocycles. The lowest BCUT2D eigenvalue weighted by Crippen LogP contribution is -2.15. The zero-order valence-electron chi connectivity index (χ0n) is 16.3. The fraction of sp³-hybridized carbons (Fsp3) is 0.250. The number of carbonyl (C=O) groups excluding carboxylic acids is 1. The molecular formula is C20H19BrN2O5S. The van der Waals surface area contributed by atoms with Crippen molar-refractivity contribution in [3.63, 3.8) is 0 Å². The zero-order valence-corrected chi connectivity index (χ0v) is 18.7. The number of phenols is 1. The van der Waals surface area contributed by atoms with Crippen LogP contribution in [0.1, 0.15) is 28.8 Å². The number of nitrogens with one attached hydrogen (secondary N) is 1. The number of thiophene rings is 1. The molecule has 2 heterocycles. The monoisotopic (exact) mass is 478 g/mol. The number of rotatable bonds is 5. The lowest BCUT2D eigenvalue weighted by molar-refractivity contribution is -0.136. The molecule has 2 N–H and O–H groups in total. The molecule has 0 bridgehead atoms. The van der Waals surface area contributed by atoms with Crippen LogP contribution in [0.4, 0.5) is 0 Å². The minimum atomic E-state index is -0.622. The van der Waals surface area contributed by atoms with Gasteiger partial charge < -0.3 is 19.6 Å². The van der Waals surface area contributed by atoms with Crippen LogP contribution in [0.15, 0.2) is 21.4 Å². The van der Waals surface area contributed by atoms with Crippen LogP contribution < -0.4 is 10.3 Å². The number of H-pyrrole nitrogens is 1. The van der Waals surface area contributed by atoms with Gasteiger partial charge in [0.15, 0.2) is 11.5 Å². The number of phenolic OH excluding ortho intramolecular Hbond substituents is 1. The van der Waals surface area contributed by atoms with E-state index in [0.717, 1.165) is 10.4 Å². The molecule has 152 valence electrons. The maximum absolute atomic E-state index is 12.6. The highest BCUT2D eigenvalue weighted by atomic mass is 79.9. The molecule has 0 aliphatic heterocycles. The molecule has 0 fully saturated rings. The Hall–Kier alpha value is -2.65. The predicted molar refractivity (Wildman–Crippen MR) is 117 cm³/mol. The Morgan fingerprint density at radius 2 is 2.10 bits per heavy atom. The summed E-state index contributed by atoms with van der Waals surface area (Å²) >= 11 is 4.65. The summed E-state index contributed by atoms with van der Waals surface area (Å²) in [5.74, 6) is -0.330. The number of hydrogen-bond acceptors (Lipinski definition) is 7. The van der Waals surface area contributed by atoms with Crippen molar-refractivity contribution in [2.75, 3.05) is 13.7 Å². The predicted octanol–water partition coefficient (Wildman–Crippen LogP) is 4.18. The summed E-state index contributed by atoms with van der Waals surface area (Å²) in [5.41, 5.74) is 1.20. The number of methoxy groups -OCH3 is 1. The first-order chi connectivity index (χ1) is 13.8. The maximum atomic E-state index is 12.6. The van der Waals surface area contributed by atoms with Crippen LogP contribution in [0.5, 0.6) is 11.5 Å². The van der Waals surface area contributed by atoms with Gasteiger partial charge >= 0.3 is 5.97 Å². The second-order valence-corrected chi connectivity index (χ2v) is 8.27. The standard InChI is InChI=1S/C20H19BrN2O5S/c1-5-28-20(26)12(6-11-7-13(21)16(24)14(8-11)27-4)17-22-18(25)15-9(2)10(3)29-19(15)23-17/h6-8,24H,5H2,1-4H3,(H,22,23,25)/b12-6-. The largest absolute Gasteiger partial charge is 0.503 e. The van der Waals surface area contributed by atoms with Gasteiger partial charge in [0.25, 0.3) is 5.56 Å². The fourth-order valence-corrected chi connectivity index (χ4v) is 4.30. The summed E-state index contributed by atoms with van der Waals surface area (Å²) in [7, 11) is 1.43. The Balaban J connectivity index is 2.23. The van der Waals surface area contributed by atoms with Crippen molar-refractivity contribution >= 4 is 55.1 Å². The van der Waals surface area contributed by atoms with Gasteiger partial charge in [-0.15, -0.1) is 11.3 Å². The Labute approximate surface area is 179 Å². The van der Waals surface area contributed by atoms with Crippen LogP contribution in [-0.4, -0.2) is 34.8 Å². The summed E-state index contributed by atoms with van der Waals surface area (Å²) in [4.78, 5) is 34.0. The number of nitrogens with zero attached hydrogens (tertiary/aromatic N) is 1. The molecule has 0 amide bonds. The van der Waals surface area contributed by atoms with Crippen LogP contribution in [-0.2, 0) is 9.53 Å². The van der Waals surface area contributed by atoms with Gasteiger partial charge in [0.1, 0.15) is 16.2 Å². The van der Waals surface area contributed by atoms with E-state index in [0.29, 0.717) is 20.3 Å². The molecule has 29 heavy (non-hydrogen) atoms. The topological polar surface area (TPSA) is 102 Å². The number of aromatic hydroxyl groups is 1. The Morgan fingerprint density at radius 1 is 1.38 bits per heavy atom. The number of hydrogen-bond donors (Lipinski definition) is 2. The smallest absolute Gasteiger partial charge is 0.341 e. The summed E-state index contributed by atoms with van der Waals surface area (Å²) < 4.78 is 10.7. The number of fused-ring (bicyclic) bond motifs is 1. The summed E-state index contributed by atoms with van der Waals surface area (Å²) in [5, 5.41) is 10.5. The molecule has 9 heteroatoms. The minimum absolute atomic E-state index is 0.0557. The zero-order chi connectivity index (χ0) is 21.3. The number of aromatic nitrogens is 2. The van der Waals surface area contributed by atoms with Gasteiger partial charge in [-0.05, 0) is 66.0 Å². The molecule has 0 spiro atoms. The molecule has 1 aromatic carbocycles. The quantitative estimate of drug-likeness (QED) is 0.421. The van der Waals surface area contributed by atoms with Crippen molar-refractivity contribution in [1.29, 1.82) is 0 Å². The minimum Gasteiger partial charge on any atom is -0.503 e. The van der Waals surface area contributed by atoms with E-state index >= 15 is 0 Å². The van der Waals surface area contributed by atoms with E-state index in [2.05, 4.69) is 25.9 Å². The van der Waals surface area contributed by atoms with Gasteiger partial charge in [0.05, 0.1) is 23.6 Å². The van der Waals surface area contributed by atoms with E-state index in [4.69, 9.17) is 9.47 Å². The lowest BCUT2D eigenvalue weighted by atomic mass is 10.1. The van der Waals surface area contributed by atoms with E-state index < -0.39 is 5.97 Å². The van der Waals surface area contributed by atoms with Gasteiger partial charge in [-0.2, -0.15) is 0 Å². The third kappa shape index (κ3) is 4.06. The first-order valence-corrected chi connectivity index (χ1v) is 10.3. The number of aromatic amines is 1. The summed E-state index contributed by atoms with van der Waals surface area (Å²) in [6.45, 7) is 5.65. The van der Waals surface area contributed by atoms with Crippen LogP contribution in [0.2, 0.25) is 0 Å². The Kier molecular flexibility index (Phi) is 6.09. The van der Waals surface area contributed by atoms with E-state index in [1.807, 2.05) is 13.8 Å². The van der Waals surface area contributed by atoms with Crippen molar-refractivity contribution in [1.82, 2.24) is 9.97 Å². The Bertz CT molecular complexity index is 1200. The van der Waals surface area contributed by atoms with Crippen LogP contribution in [0, 0.1) is 13.8 Å².